The lowest BCUT2D eigenvalue weighted by atomic mass is 10.0. The Morgan fingerprint density at radius 3 is 2.45 bits per heavy atom. The zero-order valence-electron chi connectivity index (χ0n) is 12.4. The Morgan fingerprint density at radius 2 is 1.82 bits per heavy atom. The van der Waals surface area contributed by atoms with Crippen molar-refractivity contribution in [2.75, 3.05) is 14.2 Å². The molecular weight excluding hydrogens is 302 g/mol. The Morgan fingerprint density at radius 1 is 1.09 bits per heavy atom. The number of rotatable bonds is 5. The maximum atomic E-state index is 11.7. The number of esters is 1. The number of carbonyl (C=O) groups is 1. The average molecular weight is 318 g/mol. The predicted octanol–water partition coefficient (Wildman–Crippen LogP) is 3.72. The van der Waals surface area contributed by atoms with E-state index in [9.17, 15) is 4.79 Å². The summed E-state index contributed by atoms with van der Waals surface area (Å²) in [6.07, 6.45) is 0.335. The second-order valence-corrected chi connectivity index (χ2v) is 5.03. The van der Waals surface area contributed by atoms with E-state index in [-0.39, 0.29) is 5.71 Å². The zero-order chi connectivity index (χ0) is 15.9. The minimum absolute atomic E-state index is 0.221. The van der Waals surface area contributed by atoms with Crippen molar-refractivity contribution in [2.45, 2.75) is 6.42 Å². The molecule has 22 heavy (non-hydrogen) atoms. The van der Waals surface area contributed by atoms with Gasteiger partial charge in [-0.2, -0.15) is 0 Å². The summed E-state index contributed by atoms with van der Waals surface area (Å²) in [5.41, 5.74) is 3.25. The first kappa shape index (κ1) is 16.0. The fourth-order valence-corrected chi connectivity index (χ4v) is 2.19. The van der Waals surface area contributed by atoms with Crippen LogP contribution in [0.15, 0.2) is 53.7 Å². The van der Waals surface area contributed by atoms with E-state index in [4.69, 9.17) is 21.2 Å². The summed E-state index contributed by atoms with van der Waals surface area (Å²) in [5.74, 6) is -0.501. The SMILES string of the molecule is CON=C(Cc1cccc(-c2ccc(Cl)cc2)c1)C(=O)OC. The summed E-state index contributed by atoms with van der Waals surface area (Å²) in [6.45, 7) is 0. The Balaban J connectivity index is 2.26. The van der Waals surface area contributed by atoms with Gasteiger partial charge in [0.25, 0.3) is 0 Å². The molecule has 0 aliphatic heterocycles. The number of ether oxygens (including phenoxy) is 1. The van der Waals surface area contributed by atoms with E-state index in [0.717, 1.165) is 16.7 Å². The van der Waals surface area contributed by atoms with E-state index in [1.807, 2.05) is 48.5 Å². The van der Waals surface area contributed by atoms with E-state index in [0.29, 0.717) is 11.4 Å². The molecule has 2 aromatic rings. The first-order valence-corrected chi connectivity index (χ1v) is 7.05. The summed E-state index contributed by atoms with van der Waals surface area (Å²) in [4.78, 5) is 16.4. The Hall–Kier alpha value is -2.33. The first-order valence-electron chi connectivity index (χ1n) is 6.67. The molecule has 4 nitrogen and oxygen atoms in total. The number of oxime groups is 1. The van der Waals surface area contributed by atoms with Gasteiger partial charge in [-0.3, -0.25) is 0 Å². The summed E-state index contributed by atoms with van der Waals surface area (Å²) < 4.78 is 4.70. The lowest BCUT2D eigenvalue weighted by Gasteiger charge is -2.07. The van der Waals surface area contributed by atoms with E-state index < -0.39 is 5.97 Å². The van der Waals surface area contributed by atoms with Crippen molar-refractivity contribution in [3.8, 4) is 11.1 Å². The maximum Gasteiger partial charge on any atom is 0.356 e. The molecule has 0 N–H and O–H groups in total. The van der Waals surface area contributed by atoms with Crippen LogP contribution in [0.1, 0.15) is 5.56 Å². The van der Waals surface area contributed by atoms with Crippen LogP contribution in [0.4, 0.5) is 0 Å². The summed E-state index contributed by atoms with van der Waals surface area (Å²) in [6, 6.07) is 15.4. The van der Waals surface area contributed by atoms with Crippen molar-refractivity contribution in [1.29, 1.82) is 0 Å². The van der Waals surface area contributed by atoms with Crippen LogP contribution in [-0.2, 0) is 20.8 Å². The molecule has 0 fully saturated rings. The van der Waals surface area contributed by atoms with Crippen LogP contribution in [0, 0.1) is 0 Å². The number of methoxy groups -OCH3 is 1. The van der Waals surface area contributed by atoms with Gasteiger partial charge in [0.2, 0.25) is 0 Å². The summed E-state index contributed by atoms with van der Waals surface area (Å²) >= 11 is 5.90. The minimum Gasteiger partial charge on any atom is -0.464 e. The predicted molar refractivity (Wildman–Crippen MR) is 87.1 cm³/mol. The lowest BCUT2D eigenvalue weighted by molar-refractivity contribution is -0.133. The van der Waals surface area contributed by atoms with Crippen LogP contribution in [0.5, 0.6) is 0 Å². The highest BCUT2D eigenvalue weighted by molar-refractivity contribution is 6.36. The molecule has 0 saturated carbocycles. The zero-order valence-corrected chi connectivity index (χ0v) is 13.1. The van der Waals surface area contributed by atoms with Crippen LogP contribution in [0.2, 0.25) is 5.02 Å². The number of halogens is 1. The van der Waals surface area contributed by atoms with Gasteiger partial charge in [-0.05, 0) is 28.8 Å². The fraction of sp³-hybridized carbons (Fsp3) is 0.176. The van der Waals surface area contributed by atoms with Gasteiger partial charge in [0.05, 0.1) is 7.11 Å². The summed E-state index contributed by atoms with van der Waals surface area (Å²) in [7, 11) is 2.71. The van der Waals surface area contributed by atoms with Gasteiger partial charge in [-0.1, -0.05) is 53.2 Å². The largest absolute Gasteiger partial charge is 0.464 e. The van der Waals surface area contributed by atoms with Crippen molar-refractivity contribution in [1.82, 2.24) is 0 Å². The van der Waals surface area contributed by atoms with E-state index >= 15 is 0 Å². The number of benzene rings is 2. The quantitative estimate of drug-likeness (QED) is 0.479. The standard InChI is InChI=1S/C17H16ClNO3/c1-21-17(20)16(19-22-2)11-12-4-3-5-14(10-12)13-6-8-15(18)9-7-13/h3-10H,11H2,1-2H3. The molecule has 0 radical (unpaired) electrons. The maximum absolute atomic E-state index is 11.7. The Labute approximate surface area is 134 Å². The molecule has 2 rings (SSSR count). The number of hydrogen-bond acceptors (Lipinski definition) is 4. The van der Waals surface area contributed by atoms with Crippen LogP contribution in [0.25, 0.3) is 11.1 Å². The van der Waals surface area contributed by atoms with Crippen molar-refractivity contribution < 1.29 is 14.4 Å². The van der Waals surface area contributed by atoms with Crippen molar-refractivity contribution in [2.24, 2.45) is 5.16 Å². The normalized spacial score (nSPS) is 11.1. The third kappa shape index (κ3) is 4.09. The second-order valence-electron chi connectivity index (χ2n) is 4.60. The molecule has 0 heterocycles. The van der Waals surface area contributed by atoms with Gasteiger partial charge in [0, 0.05) is 11.4 Å². The summed E-state index contributed by atoms with van der Waals surface area (Å²) in [5, 5.41) is 4.42. The van der Waals surface area contributed by atoms with Crippen molar-refractivity contribution in [3.05, 3.63) is 59.1 Å². The molecule has 0 saturated heterocycles. The second kappa shape index (κ2) is 7.61. The molecule has 5 heteroatoms. The monoisotopic (exact) mass is 317 g/mol. The third-order valence-electron chi connectivity index (χ3n) is 3.10. The Bertz CT molecular complexity index is 681. The lowest BCUT2D eigenvalue weighted by Crippen LogP contribution is -2.18. The van der Waals surface area contributed by atoms with E-state index in [1.165, 1.54) is 14.2 Å². The highest BCUT2D eigenvalue weighted by Crippen LogP contribution is 2.22. The third-order valence-corrected chi connectivity index (χ3v) is 3.35. The molecule has 0 spiro atoms. The van der Waals surface area contributed by atoms with Crippen molar-refractivity contribution >= 4 is 23.3 Å². The molecule has 0 unspecified atom stereocenters. The van der Waals surface area contributed by atoms with Gasteiger partial charge >= 0.3 is 5.97 Å². The number of carbonyl (C=O) groups excluding carboxylic acids is 1. The van der Waals surface area contributed by atoms with Crippen LogP contribution in [0.3, 0.4) is 0 Å². The molecular formula is C17H16ClNO3. The molecule has 0 amide bonds. The van der Waals surface area contributed by atoms with Crippen LogP contribution in [-0.4, -0.2) is 25.9 Å². The van der Waals surface area contributed by atoms with Crippen molar-refractivity contribution in [3.63, 3.8) is 0 Å². The van der Waals surface area contributed by atoms with Gasteiger partial charge in [0.15, 0.2) is 5.71 Å². The fourth-order valence-electron chi connectivity index (χ4n) is 2.07. The molecule has 114 valence electrons. The van der Waals surface area contributed by atoms with Crippen LogP contribution < -0.4 is 0 Å². The highest BCUT2D eigenvalue weighted by atomic mass is 35.5. The molecule has 0 aliphatic rings. The van der Waals surface area contributed by atoms with E-state index in [2.05, 4.69) is 5.16 Å². The Kier molecular flexibility index (Phi) is 5.55. The topological polar surface area (TPSA) is 47.9 Å². The van der Waals surface area contributed by atoms with Crippen LogP contribution >= 0.6 is 11.6 Å². The molecule has 2 aromatic carbocycles. The van der Waals surface area contributed by atoms with Gasteiger partial charge in [0.1, 0.15) is 7.11 Å². The molecule has 0 aliphatic carbocycles. The highest BCUT2D eigenvalue weighted by Gasteiger charge is 2.14. The first-order chi connectivity index (χ1) is 10.6. The average Bonchev–Trinajstić information content (AvgIpc) is 2.54. The molecule has 0 bridgehead atoms. The van der Waals surface area contributed by atoms with Gasteiger partial charge < -0.3 is 9.57 Å². The minimum atomic E-state index is -0.501. The number of nitrogens with zero attached hydrogens (tertiary/aromatic N) is 1. The molecule has 0 aromatic heterocycles. The number of hydrogen-bond donors (Lipinski definition) is 0. The molecule has 0 atom stereocenters. The van der Waals surface area contributed by atoms with E-state index in [1.54, 1.807) is 0 Å². The van der Waals surface area contributed by atoms with Gasteiger partial charge in [-0.15, -0.1) is 0 Å². The van der Waals surface area contributed by atoms with Gasteiger partial charge in [-0.25, -0.2) is 4.79 Å². The smallest absolute Gasteiger partial charge is 0.356 e.